The van der Waals surface area contributed by atoms with Gasteiger partial charge in [-0.2, -0.15) is 0 Å². The summed E-state index contributed by atoms with van der Waals surface area (Å²) >= 11 is 0. The fourth-order valence-corrected chi connectivity index (χ4v) is 1.52. The van der Waals surface area contributed by atoms with Crippen molar-refractivity contribution in [2.24, 2.45) is 11.7 Å². The summed E-state index contributed by atoms with van der Waals surface area (Å²) in [4.78, 5) is 11.1. The van der Waals surface area contributed by atoms with E-state index in [1.807, 2.05) is 0 Å². The Morgan fingerprint density at radius 3 is 2.67 bits per heavy atom. The molecule has 0 amide bonds. The molecule has 0 aliphatic rings. The van der Waals surface area contributed by atoms with Gasteiger partial charge in [0.2, 0.25) is 0 Å². The number of esters is 1. The van der Waals surface area contributed by atoms with E-state index in [-0.39, 0.29) is 12.0 Å². The molecule has 2 unspecified atom stereocenters. The molecule has 90 valence electrons. The van der Waals surface area contributed by atoms with Crippen molar-refractivity contribution in [2.45, 2.75) is 39.2 Å². The first-order valence-corrected chi connectivity index (χ1v) is 5.50. The Hall–Kier alpha value is -0.610. The molecule has 0 aromatic heterocycles. The monoisotopic (exact) mass is 217 g/mol. The van der Waals surface area contributed by atoms with Gasteiger partial charge in [-0.3, -0.25) is 4.79 Å². The third-order valence-electron chi connectivity index (χ3n) is 2.18. The molecule has 4 heteroatoms. The zero-order valence-corrected chi connectivity index (χ0v) is 9.99. The Morgan fingerprint density at radius 2 is 2.13 bits per heavy atom. The van der Waals surface area contributed by atoms with E-state index in [2.05, 4.69) is 6.92 Å². The highest BCUT2D eigenvalue weighted by atomic mass is 16.5. The van der Waals surface area contributed by atoms with Crippen molar-refractivity contribution in [3.8, 4) is 0 Å². The normalized spacial score (nSPS) is 14.7. The van der Waals surface area contributed by atoms with Gasteiger partial charge in [0.1, 0.15) is 0 Å². The molecule has 2 atom stereocenters. The summed E-state index contributed by atoms with van der Waals surface area (Å²) in [6, 6.07) is 0.0551. The zero-order chi connectivity index (χ0) is 11.7. The van der Waals surface area contributed by atoms with Crippen LogP contribution in [0.25, 0.3) is 0 Å². The van der Waals surface area contributed by atoms with E-state index in [1.54, 1.807) is 14.0 Å². The molecule has 0 spiro atoms. The van der Waals surface area contributed by atoms with Crippen molar-refractivity contribution in [3.63, 3.8) is 0 Å². The van der Waals surface area contributed by atoms with Crippen molar-refractivity contribution in [1.82, 2.24) is 0 Å². The maximum Gasteiger partial charge on any atom is 0.305 e. The number of carbonyl (C=O) groups is 1. The van der Waals surface area contributed by atoms with Gasteiger partial charge in [0, 0.05) is 26.2 Å². The van der Waals surface area contributed by atoms with Gasteiger partial charge in [0.15, 0.2) is 0 Å². The van der Waals surface area contributed by atoms with Crippen molar-refractivity contribution >= 4 is 5.97 Å². The summed E-state index contributed by atoms with van der Waals surface area (Å²) in [5, 5.41) is 0. The second-order valence-corrected chi connectivity index (χ2v) is 3.90. The molecular weight excluding hydrogens is 194 g/mol. The number of rotatable bonds is 8. The lowest BCUT2D eigenvalue weighted by molar-refractivity contribution is -0.143. The van der Waals surface area contributed by atoms with Gasteiger partial charge in [-0.15, -0.1) is 0 Å². The van der Waals surface area contributed by atoms with E-state index < -0.39 is 0 Å². The van der Waals surface area contributed by atoms with Crippen LogP contribution in [0.1, 0.15) is 33.1 Å². The van der Waals surface area contributed by atoms with Gasteiger partial charge in [0.05, 0.1) is 6.61 Å². The molecule has 0 heterocycles. The average Bonchev–Trinajstić information content (AvgIpc) is 2.15. The topological polar surface area (TPSA) is 61.5 Å². The Bertz CT molecular complexity index is 173. The summed E-state index contributed by atoms with van der Waals surface area (Å²) in [6.07, 6.45) is 1.98. The first-order chi connectivity index (χ1) is 7.10. The third kappa shape index (κ3) is 8.39. The minimum atomic E-state index is -0.160. The van der Waals surface area contributed by atoms with E-state index in [1.165, 1.54) is 0 Å². The molecule has 0 aromatic carbocycles. The minimum absolute atomic E-state index is 0.0551. The van der Waals surface area contributed by atoms with Crippen LogP contribution in [0.15, 0.2) is 0 Å². The quantitative estimate of drug-likeness (QED) is 0.623. The number of hydrogen-bond acceptors (Lipinski definition) is 4. The van der Waals surface area contributed by atoms with Crippen LogP contribution in [0, 0.1) is 5.92 Å². The average molecular weight is 217 g/mol. The molecule has 0 aromatic rings. The first kappa shape index (κ1) is 14.4. The van der Waals surface area contributed by atoms with E-state index in [0.29, 0.717) is 32.0 Å². The van der Waals surface area contributed by atoms with Gasteiger partial charge in [-0.05, 0) is 25.7 Å². The predicted molar refractivity (Wildman–Crippen MR) is 59.5 cm³/mol. The smallest absolute Gasteiger partial charge is 0.305 e. The van der Waals surface area contributed by atoms with E-state index in [4.69, 9.17) is 15.2 Å². The largest absolute Gasteiger partial charge is 0.466 e. The molecule has 15 heavy (non-hydrogen) atoms. The van der Waals surface area contributed by atoms with E-state index in [9.17, 15) is 4.79 Å². The molecule has 0 saturated carbocycles. The summed E-state index contributed by atoms with van der Waals surface area (Å²) in [5.41, 5.74) is 5.89. The number of carbonyl (C=O) groups excluding carboxylic acids is 1. The van der Waals surface area contributed by atoms with E-state index in [0.717, 1.165) is 6.42 Å². The maximum absolute atomic E-state index is 11.1. The summed E-state index contributed by atoms with van der Waals surface area (Å²) in [6.45, 7) is 5.05. The van der Waals surface area contributed by atoms with Crippen LogP contribution < -0.4 is 5.73 Å². The fraction of sp³-hybridized carbons (Fsp3) is 0.909. The molecule has 2 N–H and O–H groups in total. The summed E-state index contributed by atoms with van der Waals surface area (Å²) in [7, 11) is 1.68. The van der Waals surface area contributed by atoms with Gasteiger partial charge >= 0.3 is 5.97 Å². The molecule has 0 aliphatic carbocycles. The lowest BCUT2D eigenvalue weighted by Gasteiger charge is -2.16. The third-order valence-corrected chi connectivity index (χ3v) is 2.18. The van der Waals surface area contributed by atoms with Crippen molar-refractivity contribution in [2.75, 3.05) is 20.3 Å². The molecule has 0 radical (unpaired) electrons. The second-order valence-electron chi connectivity index (χ2n) is 3.90. The fourth-order valence-electron chi connectivity index (χ4n) is 1.52. The van der Waals surface area contributed by atoms with Gasteiger partial charge < -0.3 is 15.2 Å². The molecule has 0 aliphatic heterocycles. The Kier molecular flexibility index (Phi) is 8.33. The van der Waals surface area contributed by atoms with Gasteiger partial charge in [0.25, 0.3) is 0 Å². The maximum atomic E-state index is 11.1. The lowest BCUT2D eigenvalue weighted by atomic mass is 10.00. The summed E-state index contributed by atoms with van der Waals surface area (Å²) in [5.74, 6) is 0.277. The number of nitrogens with two attached hydrogens (primary N) is 1. The highest BCUT2D eigenvalue weighted by Gasteiger charge is 2.11. The van der Waals surface area contributed by atoms with Crippen LogP contribution in [0.5, 0.6) is 0 Å². The second kappa shape index (κ2) is 8.68. The van der Waals surface area contributed by atoms with Crippen LogP contribution >= 0.6 is 0 Å². The highest BCUT2D eigenvalue weighted by molar-refractivity contribution is 5.69. The summed E-state index contributed by atoms with van der Waals surface area (Å²) < 4.78 is 9.85. The number of ether oxygens (including phenoxy) is 2. The van der Waals surface area contributed by atoms with Crippen molar-refractivity contribution in [3.05, 3.63) is 0 Å². The molecule has 4 nitrogen and oxygen atoms in total. The predicted octanol–water partition coefficient (Wildman–Crippen LogP) is 1.33. The zero-order valence-electron chi connectivity index (χ0n) is 9.99. The first-order valence-electron chi connectivity index (χ1n) is 5.50. The Balaban J connectivity index is 3.55. The van der Waals surface area contributed by atoms with Crippen LogP contribution in [0.2, 0.25) is 0 Å². The van der Waals surface area contributed by atoms with Crippen LogP contribution in [-0.4, -0.2) is 32.3 Å². The van der Waals surface area contributed by atoms with Crippen LogP contribution in [0.3, 0.4) is 0 Å². The van der Waals surface area contributed by atoms with Crippen molar-refractivity contribution in [1.29, 1.82) is 0 Å². The molecule has 0 saturated heterocycles. The number of methoxy groups -OCH3 is 1. The standard InChI is InChI=1S/C11H23NO3/c1-4-15-11(13)6-5-10(12)7-9(2)8-14-3/h9-10H,4-8,12H2,1-3H3. The molecule has 0 rings (SSSR count). The van der Waals surface area contributed by atoms with Crippen LogP contribution in [-0.2, 0) is 14.3 Å². The Morgan fingerprint density at radius 1 is 1.47 bits per heavy atom. The number of hydrogen-bond donors (Lipinski definition) is 1. The van der Waals surface area contributed by atoms with E-state index >= 15 is 0 Å². The van der Waals surface area contributed by atoms with Gasteiger partial charge in [-0.1, -0.05) is 6.92 Å². The van der Waals surface area contributed by atoms with Crippen molar-refractivity contribution < 1.29 is 14.3 Å². The SMILES string of the molecule is CCOC(=O)CCC(N)CC(C)COC. The van der Waals surface area contributed by atoms with Crippen LogP contribution in [0.4, 0.5) is 0 Å². The lowest BCUT2D eigenvalue weighted by Crippen LogP contribution is -2.25. The molecule has 0 bridgehead atoms. The molecular formula is C11H23NO3. The Labute approximate surface area is 92.1 Å². The van der Waals surface area contributed by atoms with Gasteiger partial charge in [-0.25, -0.2) is 0 Å². The highest BCUT2D eigenvalue weighted by Crippen LogP contribution is 2.09. The molecule has 0 fully saturated rings. The minimum Gasteiger partial charge on any atom is -0.466 e.